The van der Waals surface area contributed by atoms with Gasteiger partial charge in [0, 0.05) is 11.1 Å². The molecule has 1 unspecified atom stereocenters. The first-order chi connectivity index (χ1) is 15.6. The molecule has 1 atom stereocenters. The molecule has 6 nitrogen and oxygen atoms in total. The molecule has 172 valence electrons. The molecule has 1 aromatic carbocycles. The Hall–Kier alpha value is -3.49. The van der Waals surface area contributed by atoms with Crippen LogP contribution >= 0.6 is 0 Å². The molecule has 0 bridgehead atoms. The lowest BCUT2D eigenvalue weighted by molar-refractivity contribution is -0.147. The minimum Gasteiger partial charge on any atom is -0.468 e. The van der Waals surface area contributed by atoms with E-state index in [0.717, 1.165) is 11.6 Å². The van der Waals surface area contributed by atoms with Gasteiger partial charge in [0.15, 0.2) is 5.65 Å². The minimum absolute atomic E-state index is 0.118. The maximum atomic E-state index is 13.0. The number of alkyl halides is 3. The molecule has 3 aromatic rings. The van der Waals surface area contributed by atoms with Crippen LogP contribution in [0, 0.1) is 6.92 Å². The molecule has 0 saturated heterocycles. The van der Waals surface area contributed by atoms with Crippen molar-refractivity contribution >= 4 is 17.2 Å². The SMILES string of the molecule is COC(=O)C(C)(Cc1ccccc1)c1c(C)nnc2c(C3=CC=C(C(F)(F)F)CC3)cnn12. The molecule has 9 heteroatoms. The number of hydrogen-bond donors (Lipinski definition) is 0. The Morgan fingerprint density at radius 3 is 2.45 bits per heavy atom. The number of ether oxygens (including phenoxy) is 1. The van der Waals surface area contributed by atoms with E-state index in [0.29, 0.717) is 34.6 Å². The van der Waals surface area contributed by atoms with Gasteiger partial charge in [-0.25, -0.2) is 4.52 Å². The summed E-state index contributed by atoms with van der Waals surface area (Å²) in [4.78, 5) is 13.0. The Kier molecular flexibility index (Phi) is 5.82. The van der Waals surface area contributed by atoms with Crippen LogP contribution in [0.1, 0.15) is 42.3 Å². The molecule has 0 fully saturated rings. The van der Waals surface area contributed by atoms with E-state index in [1.165, 1.54) is 13.2 Å². The Balaban J connectivity index is 1.84. The molecule has 2 heterocycles. The number of fused-ring (bicyclic) bond motifs is 1. The highest BCUT2D eigenvalue weighted by Crippen LogP contribution is 2.37. The lowest BCUT2D eigenvalue weighted by Crippen LogP contribution is -2.39. The molecule has 0 spiro atoms. The number of esters is 1. The number of allylic oxidation sites excluding steroid dienone is 4. The van der Waals surface area contributed by atoms with Gasteiger partial charge in [-0.05, 0) is 44.2 Å². The minimum atomic E-state index is -4.34. The second kappa shape index (κ2) is 8.46. The van der Waals surface area contributed by atoms with E-state index in [1.807, 2.05) is 30.3 Å². The number of aromatic nitrogens is 4. The molecule has 2 aromatic heterocycles. The summed E-state index contributed by atoms with van der Waals surface area (Å²) in [6, 6.07) is 9.53. The van der Waals surface area contributed by atoms with Crippen LogP contribution in [-0.2, 0) is 21.4 Å². The van der Waals surface area contributed by atoms with Crippen molar-refractivity contribution < 1.29 is 22.7 Å². The molecule has 33 heavy (non-hydrogen) atoms. The van der Waals surface area contributed by atoms with Gasteiger partial charge in [0.2, 0.25) is 0 Å². The number of aryl methyl sites for hydroxylation is 1. The van der Waals surface area contributed by atoms with E-state index in [2.05, 4.69) is 15.3 Å². The van der Waals surface area contributed by atoms with Crippen molar-refractivity contribution in [2.24, 2.45) is 0 Å². The highest BCUT2D eigenvalue weighted by Gasteiger charge is 2.41. The zero-order valence-electron chi connectivity index (χ0n) is 18.5. The summed E-state index contributed by atoms with van der Waals surface area (Å²) >= 11 is 0. The number of nitrogens with zero attached hydrogens (tertiary/aromatic N) is 4. The summed E-state index contributed by atoms with van der Waals surface area (Å²) in [5.74, 6) is -0.449. The number of carbonyl (C=O) groups excluding carboxylic acids is 1. The van der Waals surface area contributed by atoms with Crippen molar-refractivity contribution in [2.45, 2.75) is 44.7 Å². The van der Waals surface area contributed by atoms with Gasteiger partial charge in [0.25, 0.3) is 0 Å². The molecule has 0 saturated carbocycles. The molecule has 1 aliphatic carbocycles. The second-order valence-electron chi connectivity index (χ2n) is 8.30. The smallest absolute Gasteiger partial charge is 0.412 e. The van der Waals surface area contributed by atoms with Crippen LogP contribution in [0.5, 0.6) is 0 Å². The van der Waals surface area contributed by atoms with E-state index >= 15 is 0 Å². The maximum Gasteiger partial charge on any atom is 0.412 e. The van der Waals surface area contributed by atoms with Gasteiger partial charge in [-0.3, -0.25) is 4.79 Å². The fraction of sp³-hybridized carbons (Fsp3) is 0.333. The molecule has 4 rings (SSSR count). The standard InChI is InChI=1S/C24H23F3N4O2/c1-15-20(23(2,22(32)33-3)13-16-7-5-4-6-8-16)31-21(30-29-15)19(14-28-31)17-9-11-18(12-10-17)24(25,26)27/h4-9,11,14H,10,12-13H2,1-3H3. The fourth-order valence-electron chi connectivity index (χ4n) is 4.36. The van der Waals surface area contributed by atoms with E-state index < -0.39 is 23.1 Å². The first-order valence-electron chi connectivity index (χ1n) is 10.5. The molecule has 0 radical (unpaired) electrons. The zero-order chi connectivity index (χ0) is 23.8. The molecular weight excluding hydrogens is 433 g/mol. The van der Waals surface area contributed by atoms with Crippen LogP contribution in [0.2, 0.25) is 0 Å². The van der Waals surface area contributed by atoms with Crippen molar-refractivity contribution in [3.63, 3.8) is 0 Å². The van der Waals surface area contributed by atoms with E-state index in [9.17, 15) is 18.0 Å². The third-order valence-electron chi connectivity index (χ3n) is 6.01. The van der Waals surface area contributed by atoms with Crippen LogP contribution in [0.3, 0.4) is 0 Å². The maximum absolute atomic E-state index is 13.0. The van der Waals surface area contributed by atoms with E-state index in [1.54, 1.807) is 24.6 Å². The summed E-state index contributed by atoms with van der Waals surface area (Å²) < 4.78 is 45.7. The fourth-order valence-corrected chi connectivity index (χ4v) is 4.36. The summed E-state index contributed by atoms with van der Waals surface area (Å²) in [5, 5.41) is 13.0. The Labute approximate surface area is 188 Å². The quantitative estimate of drug-likeness (QED) is 0.517. The van der Waals surface area contributed by atoms with Crippen molar-refractivity contribution in [1.82, 2.24) is 19.8 Å². The summed E-state index contributed by atoms with van der Waals surface area (Å²) in [7, 11) is 1.33. The highest BCUT2D eigenvalue weighted by atomic mass is 19.4. The Morgan fingerprint density at radius 2 is 1.85 bits per heavy atom. The lowest BCUT2D eigenvalue weighted by atomic mass is 9.79. The predicted molar refractivity (Wildman–Crippen MR) is 116 cm³/mol. The average molecular weight is 456 g/mol. The lowest BCUT2D eigenvalue weighted by Gasteiger charge is -2.28. The molecular formula is C24H23F3N4O2. The number of benzene rings is 1. The highest BCUT2D eigenvalue weighted by molar-refractivity contribution is 5.84. The topological polar surface area (TPSA) is 69.4 Å². The van der Waals surface area contributed by atoms with Crippen molar-refractivity contribution in [3.05, 3.63) is 76.8 Å². The van der Waals surface area contributed by atoms with Crippen LogP contribution < -0.4 is 0 Å². The van der Waals surface area contributed by atoms with Crippen molar-refractivity contribution in [2.75, 3.05) is 7.11 Å². The average Bonchev–Trinajstić information content (AvgIpc) is 3.22. The number of carbonyl (C=O) groups is 1. The van der Waals surface area contributed by atoms with Gasteiger partial charge < -0.3 is 4.74 Å². The predicted octanol–water partition coefficient (Wildman–Crippen LogP) is 4.77. The summed E-state index contributed by atoms with van der Waals surface area (Å²) in [5.41, 5.74) is 1.94. The third-order valence-corrected chi connectivity index (χ3v) is 6.01. The number of methoxy groups -OCH3 is 1. The monoisotopic (exact) mass is 456 g/mol. The number of halogens is 3. The van der Waals surface area contributed by atoms with Gasteiger partial charge in [0.05, 0.1) is 24.7 Å². The van der Waals surface area contributed by atoms with Gasteiger partial charge in [-0.15, -0.1) is 5.10 Å². The normalized spacial score (nSPS) is 16.2. The van der Waals surface area contributed by atoms with Crippen LogP contribution in [0.15, 0.2) is 54.3 Å². The van der Waals surface area contributed by atoms with Gasteiger partial charge in [0.1, 0.15) is 5.41 Å². The number of hydrogen-bond acceptors (Lipinski definition) is 5. The van der Waals surface area contributed by atoms with Crippen LogP contribution in [0.25, 0.3) is 11.2 Å². The van der Waals surface area contributed by atoms with Gasteiger partial charge in [-0.2, -0.15) is 23.4 Å². The van der Waals surface area contributed by atoms with Crippen LogP contribution in [-0.4, -0.2) is 39.1 Å². The summed E-state index contributed by atoms with van der Waals surface area (Å²) in [6.07, 6.45) is 0.200. The van der Waals surface area contributed by atoms with Gasteiger partial charge >= 0.3 is 12.1 Å². The Bertz CT molecular complexity index is 1260. The first kappa shape index (κ1) is 22.7. The van der Waals surface area contributed by atoms with Crippen molar-refractivity contribution in [3.8, 4) is 0 Å². The third kappa shape index (κ3) is 4.15. The van der Waals surface area contributed by atoms with Crippen LogP contribution in [0.4, 0.5) is 13.2 Å². The molecule has 0 aliphatic heterocycles. The molecule has 1 aliphatic rings. The van der Waals surface area contributed by atoms with Gasteiger partial charge in [-0.1, -0.05) is 42.5 Å². The first-order valence-corrected chi connectivity index (χ1v) is 10.5. The summed E-state index contributed by atoms with van der Waals surface area (Å²) in [6.45, 7) is 3.52. The van der Waals surface area contributed by atoms with Crippen molar-refractivity contribution in [1.29, 1.82) is 0 Å². The second-order valence-corrected chi connectivity index (χ2v) is 8.30. The largest absolute Gasteiger partial charge is 0.468 e. The van der Waals surface area contributed by atoms with E-state index in [4.69, 9.17) is 4.74 Å². The van der Waals surface area contributed by atoms with E-state index in [-0.39, 0.29) is 12.8 Å². The molecule has 0 N–H and O–H groups in total. The number of rotatable bonds is 5. The Morgan fingerprint density at radius 1 is 1.12 bits per heavy atom. The zero-order valence-corrected chi connectivity index (χ0v) is 18.5. The molecule has 0 amide bonds.